The van der Waals surface area contributed by atoms with Crippen LogP contribution >= 0.6 is 0 Å². The molecule has 0 aliphatic rings. The lowest BCUT2D eigenvalue weighted by Crippen LogP contribution is -1.98. The van der Waals surface area contributed by atoms with Crippen LogP contribution in [0.15, 0.2) is 52.7 Å². The zero-order valence-corrected chi connectivity index (χ0v) is 12.8. The Hall–Kier alpha value is -2.80. The topological polar surface area (TPSA) is 100 Å². The predicted octanol–water partition coefficient (Wildman–Crippen LogP) is 3.98. The first-order valence-electron chi connectivity index (χ1n) is 7.28. The summed E-state index contributed by atoms with van der Waals surface area (Å²) in [5.41, 5.74) is 3.08. The maximum Gasteiger partial charge on any atom is 0.269 e. The molecule has 2 rings (SSSR count). The minimum atomic E-state index is -0.454. The average Bonchev–Trinajstić information content (AvgIpc) is 2.55. The third-order valence-electron chi connectivity index (χ3n) is 3.16. The van der Waals surface area contributed by atoms with Gasteiger partial charge >= 0.3 is 0 Å². The lowest BCUT2D eigenvalue weighted by atomic mass is 10.1. The van der Waals surface area contributed by atoms with Crippen molar-refractivity contribution in [1.82, 2.24) is 0 Å². The Labute approximate surface area is 133 Å². The second-order valence-electron chi connectivity index (χ2n) is 4.83. The van der Waals surface area contributed by atoms with Gasteiger partial charge < -0.3 is 10.4 Å². The van der Waals surface area contributed by atoms with Crippen molar-refractivity contribution in [3.63, 3.8) is 0 Å². The second-order valence-corrected chi connectivity index (χ2v) is 4.83. The monoisotopic (exact) mass is 314 g/mol. The molecule has 0 amide bonds. The van der Waals surface area contributed by atoms with Crippen molar-refractivity contribution in [2.45, 2.75) is 13.3 Å². The van der Waals surface area contributed by atoms with Gasteiger partial charge in [-0.25, -0.2) is 0 Å². The number of benzene rings is 2. The molecule has 0 aromatic heterocycles. The van der Waals surface area contributed by atoms with Gasteiger partial charge in [-0.3, -0.25) is 10.1 Å². The van der Waals surface area contributed by atoms with Gasteiger partial charge in [0.25, 0.3) is 5.69 Å². The van der Waals surface area contributed by atoms with Crippen LogP contribution in [0.3, 0.4) is 0 Å². The molecule has 0 bridgehead atoms. The highest BCUT2D eigenvalue weighted by molar-refractivity contribution is 5.66. The molecule has 2 aromatic carbocycles. The molecule has 0 aliphatic heterocycles. The summed E-state index contributed by atoms with van der Waals surface area (Å²) in [5, 5.41) is 31.2. The zero-order valence-electron chi connectivity index (χ0n) is 12.8. The molecular weight excluding hydrogens is 296 g/mol. The van der Waals surface area contributed by atoms with E-state index in [1.54, 1.807) is 12.1 Å². The minimum absolute atomic E-state index is 0.0191. The van der Waals surface area contributed by atoms with Gasteiger partial charge in [0, 0.05) is 25.3 Å². The first kappa shape index (κ1) is 16.6. The van der Waals surface area contributed by atoms with Crippen molar-refractivity contribution < 1.29 is 10.0 Å². The fourth-order valence-electron chi connectivity index (χ4n) is 2.04. The van der Waals surface area contributed by atoms with Gasteiger partial charge in [-0.1, -0.05) is 6.07 Å². The fourth-order valence-corrected chi connectivity index (χ4v) is 2.04. The highest BCUT2D eigenvalue weighted by atomic mass is 16.6. The van der Waals surface area contributed by atoms with Crippen LogP contribution in [0.25, 0.3) is 0 Å². The molecule has 7 heteroatoms. The Morgan fingerprint density at radius 3 is 2.52 bits per heavy atom. The third-order valence-corrected chi connectivity index (χ3v) is 3.16. The summed E-state index contributed by atoms with van der Waals surface area (Å²) >= 11 is 0. The van der Waals surface area contributed by atoms with Crippen LogP contribution in [-0.4, -0.2) is 23.2 Å². The van der Waals surface area contributed by atoms with E-state index < -0.39 is 4.92 Å². The number of rotatable bonds is 7. The summed E-state index contributed by atoms with van der Waals surface area (Å²) in [4.78, 5) is 10.2. The highest BCUT2D eigenvalue weighted by Gasteiger charge is 2.05. The van der Waals surface area contributed by atoms with E-state index in [4.69, 9.17) is 5.11 Å². The second kappa shape index (κ2) is 8.00. The summed E-state index contributed by atoms with van der Waals surface area (Å²) in [7, 11) is 0. The normalized spacial score (nSPS) is 10.9. The summed E-state index contributed by atoms with van der Waals surface area (Å²) in [6.07, 6.45) is 0.582. The molecule has 0 fully saturated rings. The highest BCUT2D eigenvalue weighted by Crippen LogP contribution is 2.28. The maximum absolute atomic E-state index is 10.6. The maximum atomic E-state index is 10.6. The first-order valence-corrected chi connectivity index (χ1v) is 7.28. The molecule has 0 aliphatic carbocycles. The standard InChI is InChI=1S/C16H18N4O3/c1-2-17-16-11-12(9-10-21)3-8-15(16)19-18-13-4-6-14(7-5-13)20(22)23/h3-8,11,17,21H,2,9-10H2,1H3. The molecule has 0 heterocycles. The number of nitrogens with one attached hydrogen (secondary N) is 1. The Bertz CT molecular complexity index is 699. The molecule has 0 saturated carbocycles. The summed E-state index contributed by atoms with van der Waals surface area (Å²) < 4.78 is 0. The molecule has 0 atom stereocenters. The van der Waals surface area contributed by atoms with E-state index in [0.717, 1.165) is 17.8 Å². The molecule has 0 saturated heterocycles. The van der Waals surface area contributed by atoms with Crippen LogP contribution in [0.5, 0.6) is 0 Å². The van der Waals surface area contributed by atoms with Crippen LogP contribution < -0.4 is 5.32 Å². The molecule has 7 nitrogen and oxygen atoms in total. The quantitative estimate of drug-likeness (QED) is 0.458. The number of hydrogen-bond acceptors (Lipinski definition) is 6. The molecule has 0 unspecified atom stereocenters. The molecule has 0 spiro atoms. The summed E-state index contributed by atoms with van der Waals surface area (Å²) in [6, 6.07) is 11.5. The van der Waals surface area contributed by atoms with Crippen LogP contribution in [0, 0.1) is 10.1 Å². The number of aliphatic hydroxyl groups is 1. The SMILES string of the molecule is CCNc1cc(CCO)ccc1N=Nc1ccc([N+](=O)[O-])cc1. The molecule has 0 radical (unpaired) electrons. The number of anilines is 1. The zero-order chi connectivity index (χ0) is 16.7. The van der Waals surface area contributed by atoms with Gasteiger partial charge in [0.2, 0.25) is 0 Å². The Morgan fingerprint density at radius 1 is 1.17 bits per heavy atom. The van der Waals surface area contributed by atoms with Crippen molar-refractivity contribution in [3.05, 3.63) is 58.1 Å². The van der Waals surface area contributed by atoms with Crippen molar-refractivity contribution in [3.8, 4) is 0 Å². The smallest absolute Gasteiger partial charge is 0.269 e. The lowest BCUT2D eigenvalue weighted by Gasteiger charge is -2.08. The number of nitrogens with zero attached hydrogens (tertiary/aromatic N) is 3. The third kappa shape index (κ3) is 4.58. The van der Waals surface area contributed by atoms with Gasteiger partial charge in [-0.2, -0.15) is 5.11 Å². The Balaban J connectivity index is 2.21. The van der Waals surface area contributed by atoms with Crippen molar-refractivity contribution in [2.75, 3.05) is 18.5 Å². The van der Waals surface area contributed by atoms with E-state index in [1.165, 1.54) is 12.1 Å². The number of azo groups is 1. The van der Waals surface area contributed by atoms with Crippen molar-refractivity contribution in [2.24, 2.45) is 10.2 Å². The molecule has 2 N–H and O–H groups in total. The number of hydrogen-bond donors (Lipinski definition) is 2. The van der Waals surface area contributed by atoms with Gasteiger partial charge in [-0.15, -0.1) is 5.11 Å². The van der Waals surface area contributed by atoms with E-state index in [2.05, 4.69) is 15.5 Å². The van der Waals surface area contributed by atoms with Crippen LogP contribution in [0.1, 0.15) is 12.5 Å². The summed E-state index contributed by atoms with van der Waals surface area (Å²) in [5.74, 6) is 0. The lowest BCUT2D eigenvalue weighted by molar-refractivity contribution is -0.384. The number of aliphatic hydroxyl groups excluding tert-OH is 1. The van der Waals surface area contributed by atoms with Crippen LogP contribution in [-0.2, 0) is 6.42 Å². The number of nitro benzene ring substituents is 1. The minimum Gasteiger partial charge on any atom is -0.396 e. The van der Waals surface area contributed by atoms with E-state index >= 15 is 0 Å². The molecular formula is C16H18N4O3. The van der Waals surface area contributed by atoms with E-state index in [-0.39, 0.29) is 12.3 Å². The molecule has 2 aromatic rings. The average molecular weight is 314 g/mol. The molecule has 23 heavy (non-hydrogen) atoms. The van der Waals surface area contributed by atoms with Crippen LogP contribution in [0.4, 0.5) is 22.7 Å². The van der Waals surface area contributed by atoms with Crippen molar-refractivity contribution in [1.29, 1.82) is 0 Å². The van der Waals surface area contributed by atoms with E-state index in [0.29, 0.717) is 17.8 Å². The first-order chi connectivity index (χ1) is 11.1. The van der Waals surface area contributed by atoms with Gasteiger partial charge in [0.1, 0.15) is 5.69 Å². The predicted molar refractivity (Wildman–Crippen MR) is 88.7 cm³/mol. The Morgan fingerprint density at radius 2 is 1.91 bits per heavy atom. The number of non-ortho nitro benzene ring substituents is 1. The van der Waals surface area contributed by atoms with E-state index in [1.807, 2.05) is 25.1 Å². The van der Waals surface area contributed by atoms with Crippen LogP contribution in [0.2, 0.25) is 0 Å². The van der Waals surface area contributed by atoms with Gasteiger partial charge in [0.15, 0.2) is 0 Å². The van der Waals surface area contributed by atoms with Crippen molar-refractivity contribution >= 4 is 22.7 Å². The largest absolute Gasteiger partial charge is 0.396 e. The van der Waals surface area contributed by atoms with Gasteiger partial charge in [0.05, 0.1) is 16.3 Å². The Kier molecular flexibility index (Phi) is 5.76. The fraction of sp³-hybridized carbons (Fsp3) is 0.250. The van der Waals surface area contributed by atoms with E-state index in [9.17, 15) is 10.1 Å². The van der Waals surface area contributed by atoms with Gasteiger partial charge in [-0.05, 0) is 43.2 Å². The number of nitro groups is 1. The summed E-state index contributed by atoms with van der Waals surface area (Å²) in [6.45, 7) is 2.81. The molecule has 120 valence electrons.